The molecule has 0 aliphatic carbocycles. The molecule has 3 rings (SSSR count). The van der Waals surface area contributed by atoms with Crippen LogP contribution in [0.2, 0.25) is 5.02 Å². The van der Waals surface area contributed by atoms with Crippen molar-refractivity contribution in [3.63, 3.8) is 0 Å². The number of aromatic nitrogens is 2. The number of sulfonamides is 1. The highest BCUT2D eigenvalue weighted by atomic mass is 35.5. The van der Waals surface area contributed by atoms with Gasteiger partial charge in [0, 0.05) is 6.54 Å². The lowest BCUT2D eigenvalue weighted by molar-refractivity contribution is 0.102. The molecule has 0 saturated carbocycles. The number of hydrogen-bond donors (Lipinski definition) is 2. The molecule has 0 fully saturated rings. The Hall–Kier alpha value is -2.33. The Morgan fingerprint density at radius 1 is 1.11 bits per heavy atom. The molecule has 10 heteroatoms. The van der Waals surface area contributed by atoms with E-state index in [1.807, 2.05) is 37.3 Å². The molecular weight excluding hydrogens is 420 g/mol. The standard InChI is InChI=1S/C18H17ClN4O3S2/c1-12(13-7-3-2-4-8-13)11-20-28(25,26)18-23-22-17(27-18)21-16(24)14-9-5-6-10-15(14)19/h2-10,12,20H,11H2,1H3,(H,21,22,24)/t12-/m1/s1. The Labute approximate surface area is 171 Å². The number of benzene rings is 2. The van der Waals surface area contributed by atoms with Crippen LogP contribution >= 0.6 is 22.9 Å². The summed E-state index contributed by atoms with van der Waals surface area (Å²) in [5, 5.41) is 10.3. The van der Waals surface area contributed by atoms with Gasteiger partial charge in [0.1, 0.15) is 0 Å². The van der Waals surface area contributed by atoms with Crippen LogP contribution in [-0.4, -0.2) is 31.1 Å². The third-order valence-corrected chi connectivity index (χ3v) is 6.88. The molecule has 0 aliphatic rings. The lowest BCUT2D eigenvalue weighted by atomic mass is 10.0. The second kappa shape index (κ2) is 8.78. The predicted octanol–water partition coefficient (Wildman–Crippen LogP) is 3.53. The lowest BCUT2D eigenvalue weighted by Crippen LogP contribution is -2.27. The molecule has 28 heavy (non-hydrogen) atoms. The molecule has 1 aromatic heterocycles. The largest absolute Gasteiger partial charge is 0.296 e. The summed E-state index contributed by atoms with van der Waals surface area (Å²) in [6.45, 7) is 2.14. The van der Waals surface area contributed by atoms with Crippen LogP contribution < -0.4 is 10.0 Å². The highest BCUT2D eigenvalue weighted by Crippen LogP contribution is 2.23. The summed E-state index contributed by atoms with van der Waals surface area (Å²) < 4.78 is 27.2. The van der Waals surface area contributed by atoms with Gasteiger partial charge >= 0.3 is 0 Å². The third-order valence-electron chi connectivity index (χ3n) is 3.92. The number of anilines is 1. The molecule has 1 atom stereocenters. The summed E-state index contributed by atoms with van der Waals surface area (Å²) >= 11 is 6.75. The van der Waals surface area contributed by atoms with E-state index in [9.17, 15) is 13.2 Å². The minimum atomic E-state index is -3.83. The topological polar surface area (TPSA) is 101 Å². The zero-order chi connectivity index (χ0) is 20.1. The molecule has 7 nitrogen and oxygen atoms in total. The second-order valence-corrected chi connectivity index (χ2v) is 9.30. The fourth-order valence-corrected chi connectivity index (χ4v) is 4.66. The van der Waals surface area contributed by atoms with Crippen molar-refractivity contribution in [1.29, 1.82) is 0 Å². The van der Waals surface area contributed by atoms with Crippen LogP contribution in [0.25, 0.3) is 0 Å². The Balaban J connectivity index is 1.65. The van der Waals surface area contributed by atoms with Gasteiger partial charge in [-0.1, -0.05) is 72.3 Å². The average Bonchev–Trinajstić information content (AvgIpc) is 3.16. The van der Waals surface area contributed by atoms with E-state index in [-0.39, 0.29) is 32.5 Å². The van der Waals surface area contributed by atoms with E-state index in [1.165, 1.54) is 0 Å². The first-order valence-corrected chi connectivity index (χ1v) is 11.0. The molecule has 0 radical (unpaired) electrons. The van der Waals surface area contributed by atoms with Crippen LogP contribution in [0, 0.1) is 0 Å². The van der Waals surface area contributed by atoms with E-state index in [0.29, 0.717) is 0 Å². The maximum atomic E-state index is 12.5. The van der Waals surface area contributed by atoms with Crippen LogP contribution in [0.4, 0.5) is 5.13 Å². The number of rotatable bonds is 7. The molecule has 2 aromatic carbocycles. The molecule has 0 aliphatic heterocycles. The fraction of sp³-hybridized carbons (Fsp3) is 0.167. The number of carbonyl (C=O) groups excluding carboxylic acids is 1. The van der Waals surface area contributed by atoms with E-state index >= 15 is 0 Å². The lowest BCUT2D eigenvalue weighted by Gasteiger charge is -2.12. The summed E-state index contributed by atoms with van der Waals surface area (Å²) in [6, 6.07) is 16.1. The Bertz CT molecular complexity index is 1070. The number of carbonyl (C=O) groups is 1. The van der Waals surface area contributed by atoms with Gasteiger partial charge in [0.15, 0.2) is 0 Å². The zero-order valence-electron chi connectivity index (χ0n) is 14.8. The van der Waals surface area contributed by atoms with Gasteiger partial charge in [0.25, 0.3) is 15.9 Å². The Kier molecular flexibility index (Phi) is 6.40. The number of halogens is 1. The Morgan fingerprint density at radius 3 is 2.50 bits per heavy atom. The predicted molar refractivity (Wildman–Crippen MR) is 109 cm³/mol. The molecule has 0 unspecified atom stereocenters. The van der Waals surface area contributed by atoms with E-state index in [2.05, 4.69) is 20.2 Å². The van der Waals surface area contributed by atoms with Gasteiger partial charge in [-0.2, -0.15) is 0 Å². The fourth-order valence-electron chi connectivity index (χ4n) is 2.37. The Morgan fingerprint density at radius 2 is 1.79 bits per heavy atom. The summed E-state index contributed by atoms with van der Waals surface area (Å²) in [6.07, 6.45) is 0. The molecule has 1 amide bonds. The highest BCUT2D eigenvalue weighted by Gasteiger charge is 2.22. The van der Waals surface area contributed by atoms with Crippen LogP contribution in [-0.2, 0) is 10.0 Å². The van der Waals surface area contributed by atoms with Crippen molar-refractivity contribution in [2.75, 3.05) is 11.9 Å². The molecular formula is C18H17ClN4O3S2. The number of nitrogens with zero attached hydrogens (tertiary/aromatic N) is 2. The highest BCUT2D eigenvalue weighted by molar-refractivity contribution is 7.91. The first-order valence-electron chi connectivity index (χ1n) is 8.31. The monoisotopic (exact) mass is 436 g/mol. The first-order chi connectivity index (χ1) is 13.4. The van der Waals surface area contributed by atoms with Crippen molar-refractivity contribution in [3.8, 4) is 0 Å². The second-order valence-electron chi connectivity index (χ2n) is 5.97. The van der Waals surface area contributed by atoms with Gasteiger partial charge in [-0.05, 0) is 23.6 Å². The summed E-state index contributed by atoms with van der Waals surface area (Å²) in [5.74, 6) is -0.500. The normalized spacial score (nSPS) is 12.5. The van der Waals surface area contributed by atoms with Crippen LogP contribution in [0.3, 0.4) is 0 Å². The van der Waals surface area contributed by atoms with Gasteiger partial charge in [-0.25, -0.2) is 13.1 Å². The van der Waals surface area contributed by atoms with Crippen LogP contribution in [0.15, 0.2) is 58.9 Å². The van der Waals surface area contributed by atoms with Crippen LogP contribution in [0.5, 0.6) is 0 Å². The number of nitrogens with one attached hydrogen (secondary N) is 2. The van der Waals surface area contributed by atoms with Crippen molar-refractivity contribution >= 4 is 44.0 Å². The van der Waals surface area contributed by atoms with Gasteiger partial charge in [-0.15, -0.1) is 10.2 Å². The SMILES string of the molecule is C[C@H](CNS(=O)(=O)c1nnc(NC(=O)c2ccccc2Cl)s1)c1ccccc1. The van der Waals surface area contributed by atoms with Crippen molar-refractivity contribution in [2.24, 2.45) is 0 Å². The van der Waals surface area contributed by atoms with E-state index < -0.39 is 15.9 Å². The molecule has 0 spiro atoms. The molecule has 0 saturated heterocycles. The molecule has 0 bridgehead atoms. The minimum absolute atomic E-state index is 0.0108. The van der Waals surface area contributed by atoms with Crippen molar-refractivity contribution in [3.05, 3.63) is 70.7 Å². The van der Waals surface area contributed by atoms with Gasteiger partial charge in [0.05, 0.1) is 10.6 Å². The van der Waals surface area contributed by atoms with Crippen molar-refractivity contribution < 1.29 is 13.2 Å². The molecule has 2 N–H and O–H groups in total. The maximum absolute atomic E-state index is 12.5. The molecule has 1 heterocycles. The van der Waals surface area contributed by atoms with Crippen molar-refractivity contribution in [2.45, 2.75) is 17.2 Å². The number of hydrogen-bond acceptors (Lipinski definition) is 6. The van der Waals surface area contributed by atoms with Gasteiger partial charge < -0.3 is 0 Å². The third kappa shape index (κ3) is 4.93. The van der Waals surface area contributed by atoms with E-state index in [4.69, 9.17) is 11.6 Å². The van der Waals surface area contributed by atoms with E-state index in [1.54, 1.807) is 24.3 Å². The molecule has 146 valence electrons. The quantitative estimate of drug-likeness (QED) is 0.552. The summed E-state index contributed by atoms with van der Waals surface area (Å²) in [4.78, 5) is 12.2. The van der Waals surface area contributed by atoms with Crippen LogP contribution in [0.1, 0.15) is 28.8 Å². The van der Waals surface area contributed by atoms with Crippen molar-refractivity contribution in [1.82, 2.24) is 14.9 Å². The average molecular weight is 437 g/mol. The summed E-state index contributed by atoms with van der Waals surface area (Å²) in [5.41, 5.74) is 1.29. The number of amides is 1. The first kappa shape index (κ1) is 20.4. The maximum Gasteiger partial charge on any atom is 0.269 e. The summed E-state index contributed by atoms with van der Waals surface area (Å²) in [7, 11) is -3.83. The minimum Gasteiger partial charge on any atom is -0.296 e. The molecule has 3 aromatic rings. The van der Waals surface area contributed by atoms with E-state index in [0.717, 1.165) is 16.9 Å². The zero-order valence-corrected chi connectivity index (χ0v) is 17.2. The van der Waals surface area contributed by atoms with Gasteiger partial charge in [0.2, 0.25) is 9.47 Å². The smallest absolute Gasteiger partial charge is 0.269 e. The van der Waals surface area contributed by atoms with Gasteiger partial charge in [-0.3, -0.25) is 10.1 Å².